The molecule has 0 saturated carbocycles. The van der Waals surface area contributed by atoms with Crippen LogP contribution >= 0.6 is 0 Å². The maximum Gasteiger partial charge on any atom is 0.433 e. The number of nitrogens with zero attached hydrogens (tertiary/aromatic N) is 3. The summed E-state index contributed by atoms with van der Waals surface area (Å²) in [6.45, 7) is 3.63. The van der Waals surface area contributed by atoms with E-state index in [-0.39, 0.29) is 11.7 Å². The summed E-state index contributed by atoms with van der Waals surface area (Å²) in [5, 5.41) is 3.28. The Morgan fingerprint density at radius 2 is 1.88 bits per heavy atom. The van der Waals surface area contributed by atoms with Gasteiger partial charge in [0.05, 0.1) is 18.1 Å². The van der Waals surface area contributed by atoms with Gasteiger partial charge in [-0.2, -0.15) is 13.2 Å². The molecule has 8 heteroatoms. The topological polar surface area (TPSA) is 59.9 Å². The summed E-state index contributed by atoms with van der Waals surface area (Å²) in [6.07, 6.45) is -0.00402. The maximum atomic E-state index is 12.6. The Balaban J connectivity index is 1.84. The molecule has 5 nitrogen and oxygen atoms in total. The van der Waals surface area contributed by atoms with Crippen LogP contribution in [-0.2, 0) is 6.18 Å². The van der Waals surface area contributed by atoms with Gasteiger partial charge in [-0.05, 0) is 45.0 Å². The first-order valence-corrected chi connectivity index (χ1v) is 7.69. The summed E-state index contributed by atoms with van der Waals surface area (Å²) >= 11 is 0. The Hall–Kier alpha value is -2.22. The monoisotopic (exact) mass is 338 g/mol. The minimum absolute atomic E-state index is 0.205. The molecule has 128 valence electrons. The van der Waals surface area contributed by atoms with Gasteiger partial charge in [-0.25, -0.2) is 9.97 Å². The van der Waals surface area contributed by atoms with E-state index in [1.54, 1.807) is 6.20 Å². The lowest BCUT2D eigenvalue weighted by atomic mass is 9.94. The zero-order valence-corrected chi connectivity index (χ0v) is 13.1. The number of hydrogen-bond acceptors (Lipinski definition) is 5. The molecular formula is C16H17F3N4O. The summed E-state index contributed by atoms with van der Waals surface area (Å²) < 4.78 is 43.4. The molecule has 0 unspecified atom stereocenters. The number of halogens is 3. The largest absolute Gasteiger partial charge is 0.436 e. The lowest BCUT2D eigenvalue weighted by Crippen LogP contribution is -2.27. The lowest BCUT2D eigenvalue weighted by molar-refractivity contribution is -0.141. The molecule has 24 heavy (non-hydrogen) atoms. The van der Waals surface area contributed by atoms with Gasteiger partial charge in [0.1, 0.15) is 17.1 Å². The van der Waals surface area contributed by atoms with Crippen molar-refractivity contribution in [2.75, 3.05) is 13.1 Å². The molecule has 1 aliphatic rings. The molecule has 0 spiro atoms. The molecule has 2 aromatic heterocycles. The number of ether oxygens (including phenoxy) is 1. The number of aromatic nitrogens is 3. The fourth-order valence-corrected chi connectivity index (χ4v) is 2.64. The summed E-state index contributed by atoms with van der Waals surface area (Å²) in [4.78, 5) is 12.2. The molecule has 0 aromatic carbocycles. The van der Waals surface area contributed by atoms with Crippen LogP contribution in [0.15, 0.2) is 24.5 Å². The van der Waals surface area contributed by atoms with Crippen LogP contribution in [0.2, 0.25) is 0 Å². The SMILES string of the molecule is Cc1cnc(Oc2ccc(C(F)(F)F)nc2)c(C2CCNCC2)n1. The molecule has 1 fully saturated rings. The highest BCUT2D eigenvalue weighted by Gasteiger charge is 2.32. The molecule has 1 aliphatic heterocycles. The second kappa shape index (κ2) is 6.72. The van der Waals surface area contributed by atoms with Gasteiger partial charge in [0.2, 0.25) is 5.88 Å². The Morgan fingerprint density at radius 1 is 1.12 bits per heavy atom. The number of aryl methyl sites for hydroxylation is 1. The average Bonchev–Trinajstić information content (AvgIpc) is 2.57. The van der Waals surface area contributed by atoms with E-state index in [0.29, 0.717) is 5.88 Å². The molecule has 1 N–H and O–H groups in total. The minimum Gasteiger partial charge on any atom is -0.436 e. The zero-order valence-electron chi connectivity index (χ0n) is 13.1. The molecule has 0 aliphatic carbocycles. The molecule has 3 heterocycles. The smallest absolute Gasteiger partial charge is 0.433 e. The summed E-state index contributed by atoms with van der Waals surface area (Å²) in [5.74, 6) is 0.751. The third-order valence-corrected chi connectivity index (χ3v) is 3.85. The minimum atomic E-state index is -4.47. The van der Waals surface area contributed by atoms with Crippen LogP contribution in [-0.4, -0.2) is 28.0 Å². The molecule has 2 aromatic rings. The third kappa shape index (κ3) is 3.81. The van der Waals surface area contributed by atoms with Crippen LogP contribution in [0.3, 0.4) is 0 Å². The highest BCUT2D eigenvalue weighted by atomic mass is 19.4. The predicted molar refractivity (Wildman–Crippen MR) is 80.9 cm³/mol. The van der Waals surface area contributed by atoms with Crippen molar-refractivity contribution in [3.05, 3.63) is 41.6 Å². The van der Waals surface area contributed by atoms with Crippen molar-refractivity contribution >= 4 is 0 Å². The van der Waals surface area contributed by atoms with Crippen LogP contribution in [0, 0.1) is 6.92 Å². The second-order valence-corrected chi connectivity index (χ2v) is 5.71. The molecule has 0 bridgehead atoms. The van der Waals surface area contributed by atoms with E-state index in [1.807, 2.05) is 6.92 Å². The molecular weight excluding hydrogens is 321 g/mol. The molecule has 0 amide bonds. The van der Waals surface area contributed by atoms with E-state index in [1.165, 1.54) is 6.07 Å². The average molecular weight is 338 g/mol. The number of nitrogens with one attached hydrogen (secondary N) is 1. The first-order chi connectivity index (χ1) is 11.4. The van der Waals surface area contributed by atoms with Gasteiger partial charge in [0.15, 0.2) is 0 Å². The molecule has 3 rings (SSSR count). The van der Waals surface area contributed by atoms with Crippen molar-refractivity contribution in [3.63, 3.8) is 0 Å². The van der Waals surface area contributed by atoms with E-state index in [9.17, 15) is 13.2 Å². The standard InChI is InChI=1S/C16H17F3N4O/c1-10-8-22-15(14(23-10)11-4-6-20-7-5-11)24-12-2-3-13(21-9-12)16(17,18)19/h2-3,8-9,11,20H,4-7H2,1H3. The maximum absolute atomic E-state index is 12.6. The van der Waals surface area contributed by atoms with Crippen LogP contribution in [0.1, 0.15) is 35.8 Å². The first-order valence-electron chi connectivity index (χ1n) is 7.69. The van der Waals surface area contributed by atoms with Crippen molar-refractivity contribution in [1.29, 1.82) is 0 Å². The van der Waals surface area contributed by atoms with Crippen molar-refractivity contribution < 1.29 is 17.9 Å². The van der Waals surface area contributed by atoms with Gasteiger partial charge in [-0.1, -0.05) is 0 Å². The van der Waals surface area contributed by atoms with Gasteiger partial charge in [0.25, 0.3) is 0 Å². The lowest BCUT2D eigenvalue weighted by Gasteiger charge is -2.23. The summed E-state index contributed by atoms with van der Waals surface area (Å²) in [7, 11) is 0. The van der Waals surface area contributed by atoms with Gasteiger partial charge < -0.3 is 10.1 Å². The predicted octanol–water partition coefficient (Wildman–Crippen LogP) is 3.46. The van der Waals surface area contributed by atoms with Crippen molar-refractivity contribution in [2.45, 2.75) is 31.9 Å². The number of hydrogen-bond donors (Lipinski definition) is 1. The third-order valence-electron chi connectivity index (χ3n) is 3.85. The fourth-order valence-electron chi connectivity index (χ4n) is 2.64. The van der Waals surface area contributed by atoms with Crippen LogP contribution in [0.4, 0.5) is 13.2 Å². The van der Waals surface area contributed by atoms with Gasteiger partial charge in [0, 0.05) is 5.92 Å². The molecule has 0 atom stereocenters. The van der Waals surface area contributed by atoms with Gasteiger partial charge in [-0.3, -0.25) is 4.98 Å². The first kappa shape index (κ1) is 16.6. The van der Waals surface area contributed by atoms with Gasteiger partial charge in [-0.15, -0.1) is 0 Å². The van der Waals surface area contributed by atoms with Crippen molar-refractivity contribution in [2.24, 2.45) is 0 Å². The van der Waals surface area contributed by atoms with E-state index in [4.69, 9.17) is 4.74 Å². The van der Waals surface area contributed by atoms with Crippen LogP contribution in [0.5, 0.6) is 11.6 Å². The number of pyridine rings is 1. The van der Waals surface area contributed by atoms with Crippen LogP contribution < -0.4 is 10.1 Å². The van der Waals surface area contributed by atoms with Crippen molar-refractivity contribution in [3.8, 4) is 11.6 Å². The Bertz CT molecular complexity index is 697. The quantitative estimate of drug-likeness (QED) is 0.929. The van der Waals surface area contributed by atoms with Crippen LogP contribution in [0.25, 0.3) is 0 Å². The normalized spacial score (nSPS) is 16.2. The van der Waals surface area contributed by atoms with Crippen molar-refractivity contribution in [1.82, 2.24) is 20.3 Å². The van der Waals surface area contributed by atoms with Gasteiger partial charge >= 0.3 is 6.18 Å². The van der Waals surface area contributed by atoms with E-state index in [2.05, 4.69) is 20.3 Å². The van der Waals surface area contributed by atoms with E-state index in [0.717, 1.165) is 49.6 Å². The second-order valence-electron chi connectivity index (χ2n) is 5.71. The summed E-state index contributed by atoms with van der Waals surface area (Å²) in [5.41, 5.74) is 0.571. The fraction of sp³-hybridized carbons (Fsp3) is 0.438. The Morgan fingerprint density at radius 3 is 2.50 bits per heavy atom. The number of rotatable bonds is 3. The summed E-state index contributed by atoms with van der Waals surface area (Å²) in [6, 6.07) is 2.13. The highest BCUT2D eigenvalue weighted by Crippen LogP contribution is 2.33. The highest BCUT2D eigenvalue weighted by molar-refractivity contribution is 5.31. The Labute approximate surface area is 137 Å². The molecule has 1 saturated heterocycles. The zero-order chi connectivity index (χ0) is 17.2. The van der Waals surface area contributed by atoms with E-state index >= 15 is 0 Å². The van der Waals surface area contributed by atoms with E-state index < -0.39 is 11.9 Å². The molecule has 0 radical (unpaired) electrons. The number of alkyl halides is 3. The Kier molecular flexibility index (Phi) is 4.66. The number of piperidine rings is 1.